The number of aromatic amines is 1. The van der Waals surface area contributed by atoms with Crippen LogP contribution in [0.2, 0.25) is 0 Å². The Balaban J connectivity index is 2.08. The molecule has 3 rings (SSSR count). The van der Waals surface area contributed by atoms with Crippen LogP contribution >= 0.6 is 0 Å². The largest absolute Gasteiger partial charge is 0.479 e. The van der Waals surface area contributed by atoms with Gasteiger partial charge in [-0.1, -0.05) is 0 Å². The highest BCUT2D eigenvalue weighted by Crippen LogP contribution is 2.29. The van der Waals surface area contributed by atoms with Gasteiger partial charge in [0.05, 0.1) is 22.2 Å². The number of nitro benzene ring substituents is 2. The number of nitrogens with one attached hydrogen (secondary N) is 1. The normalized spacial score (nSPS) is 10.7. The quantitative estimate of drug-likeness (QED) is 0.513. The van der Waals surface area contributed by atoms with E-state index in [9.17, 15) is 30.1 Å². The molecule has 2 aromatic heterocycles. The standard InChI is InChI=1S/C13H9N5O7/c19-12-9(15-13(20)25-12)3-8-5-14-6-16(8)10-2-1-7(17(21)22)4-11(10)18(23)24/h1-2,4-6,19H,3H2,(H,15,20). The summed E-state index contributed by atoms with van der Waals surface area (Å²) in [6.07, 6.45) is 2.61. The number of aromatic hydroxyl groups is 1. The second kappa shape index (κ2) is 5.92. The van der Waals surface area contributed by atoms with E-state index < -0.39 is 32.9 Å². The predicted molar refractivity (Wildman–Crippen MR) is 80.7 cm³/mol. The number of H-pyrrole nitrogens is 1. The zero-order valence-corrected chi connectivity index (χ0v) is 12.3. The number of oxazole rings is 1. The van der Waals surface area contributed by atoms with Crippen molar-refractivity contribution in [2.45, 2.75) is 6.42 Å². The molecule has 0 aliphatic rings. The van der Waals surface area contributed by atoms with Gasteiger partial charge in [-0.2, -0.15) is 0 Å². The summed E-state index contributed by atoms with van der Waals surface area (Å²) in [6.45, 7) is 0. The van der Waals surface area contributed by atoms with E-state index in [1.165, 1.54) is 23.2 Å². The van der Waals surface area contributed by atoms with Gasteiger partial charge in [0.15, 0.2) is 0 Å². The Morgan fingerprint density at radius 3 is 2.64 bits per heavy atom. The molecule has 0 aliphatic heterocycles. The Bertz CT molecular complexity index is 1030. The summed E-state index contributed by atoms with van der Waals surface area (Å²) in [4.78, 5) is 37.9. The van der Waals surface area contributed by atoms with E-state index >= 15 is 0 Å². The molecular formula is C13H9N5O7. The Morgan fingerprint density at radius 2 is 2.04 bits per heavy atom. The van der Waals surface area contributed by atoms with Crippen LogP contribution in [0.3, 0.4) is 0 Å². The highest BCUT2D eigenvalue weighted by atomic mass is 16.6. The number of hydrogen-bond acceptors (Lipinski definition) is 8. The number of nitrogens with zero attached hydrogens (tertiary/aromatic N) is 4. The molecule has 2 heterocycles. The van der Waals surface area contributed by atoms with Crippen molar-refractivity contribution in [2.24, 2.45) is 0 Å². The molecule has 0 saturated heterocycles. The van der Waals surface area contributed by atoms with Crippen LogP contribution in [0.1, 0.15) is 11.4 Å². The molecule has 2 N–H and O–H groups in total. The van der Waals surface area contributed by atoms with Gasteiger partial charge in [-0.05, 0) is 6.07 Å². The first-order chi connectivity index (χ1) is 11.9. The molecule has 0 unspecified atom stereocenters. The van der Waals surface area contributed by atoms with E-state index in [0.717, 1.165) is 12.1 Å². The van der Waals surface area contributed by atoms with Crippen molar-refractivity contribution in [2.75, 3.05) is 0 Å². The molecule has 0 aliphatic carbocycles. The fourth-order valence-electron chi connectivity index (χ4n) is 2.30. The number of non-ortho nitro benzene ring substituents is 1. The molecule has 12 heteroatoms. The Kier molecular flexibility index (Phi) is 3.77. The number of aromatic nitrogens is 3. The Labute approximate surface area is 137 Å². The smallest absolute Gasteiger partial charge is 0.419 e. The Hall–Kier alpha value is -3.96. The second-order valence-electron chi connectivity index (χ2n) is 4.92. The van der Waals surface area contributed by atoms with E-state index in [2.05, 4.69) is 14.4 Å². The monoisotopic (exact) mass is 347 g/mol. The lowest BCUT2D eigenvalue weighted by Gasteiger charge is -2.08. The molecule has 0 bridgehead atoms. The molecule has 0 fully saturated rings. The molecule has 25 heavy (non-hydrogen) atoms. The molecule has 0 saturated carbocycles. The van der Waals surface area contributed by atoms with E-state index in [4.69, 9.17) is 0 Å². The van der Waals surface area contributed by atoms with Crippen molar-refractivity contribution in [1.82, 2.24) is 14.5 Å². The topological polar surface area (TPSA) is 170 Å². The van der Waals surface area contributed by atoms with Crippen LogP contribution in [-0.2, 0) is 6.42 Å². The fourth-order valence-corrected chi connectivity index (χ4v) is 2.30. The van der Waals surface area contributed by atoms with Crippen LogP contribution < -0.4 is 5.76 Å². The molecule has 0 amide bonds. The summed E-state index contributed by atoms with van der Waals surface area (Å²) >= 11 is 0. The van der Waals surface area contributed by atoms with Gasteiger partial charge in [0, 0.05) is 24.4 Å². The summed E-state index contributed by atoms with van der Waals surface area (Å²) in [5, 5.41) is 31.6. The maximum absolute atomic E-state index is 11.3. The van der Waals surface area contributed by atoms with Gasteiger partial charge in [-0.3, -0.25) is 29.8 Å². The van der Waals surface area contributed by atoms with E-state index in [1.807, 2.05) is 0 Å². The Morgan fingerprint density at radius 1 is 1.28 bits per heavy atom. The number of nitro groups is 2. The minimum atomic E-state index is -0.847. The van der Waals surface area contributed by atoms with Gasteiger partial charge in [0.2, 0.25) is 0 Å². The highest BCUT2D eigenvalue weighted by Gasteiger charge is 2.22. The summed E-state index contributed by atoms with van der Waals surface area (Å²) in [5.74, 6) is -1.45. The van der Waals surface area contributed by atoms with Crippen LogP contribution in [0, 0.1) is 20.2 Å². The van der Waals surface area contributed by atoms with Gasteiger partial charge >= 0.3 is 11.7 Å². The third-order valence-corrected chi connectivity index (χ3v) is 3.40. The van der Waals surface area contributed by atoms with Crippen molar-refractivity contribution in [1.29, 1.82) is 0 Å². The fraction of sp³-hybridized carbons (Fsp3) is 0.0769. The number of rotatable bonds is 5. The minimum Gasteiger partial charge on any atom is -0.479 e. The van der Waals surface area contributed by atoms with Crippen LogP contribution in [0.15, 0.2) is 39.9 Å². The van der Waals surface area contributed by atoms with E-state index in [0.29, 0.717) is 5.69 Å². The van der Waals surface area contributed by atoms with Crippen LogP contribution in [-0.4, -0.2) is 29.5 Å². The first kappa shape index (κ1) is 15.9. The van der Waals surface area contributed by atoms with Crippen LogP contribution in [0.25, 0.3) is 5.69 Å². The minimum absolute atomic E-state index is 0.0360. The van der Waals surface area contributed by atoms with Crippen LogP contribution in [0.5, 0.6) is 5.95 Å². The first-order valence-electron chi connectivity index (χ1n) is 6.72. The van der Waals surface area contributed by atoms with Crippen molar-refractivity contribution < 1.29 is 19.4 Å². The zero-order valence-electron chi connectivity index (χ0n) is 12.3. The zero-order chi connectivity index (χ0) is 18.1. The summed E-state index contributed by atoms with van der Waals surface area (Å²) in [6, 6.07) is 3.19. The van der Waals surface area contributed by atoms with E-state index in [-0.39, 0.29) is 17.8 Å². The number of imidazole rings is 1. The molecule has 3 aromatic rings. The maximum Gasteiger partial charge on any atom is 0.419 e. The molecular weight excluding hydrogens is 338 g/mol. The molecule has 0 atom stereocenters. The average Bonchev–Trinajstić information content (AvgIpc) is 3.13. The molecule has 0 radical (unpaired) electrons. The molecule has 1 aromatic carbocycles. The van der Waals surface area contributed by atoms with Gasteiger partial charge < -0.3 is 9.52 Å². The average molecular weight is 347 g/mol. The third-order valence-electron chi connectivity index (χ3n) is 3.40. The predicted octanol–water partition coefficient (Wildman–Crippen LogP) is 1.27. The maximum atomic E-state index is 11.3. The lowest BCUT2D eigenvalue weighted by atomic mass is 10.2. The summed E-state index contributed by atoms with van der Waals surface area (Å²) in [5.41, 5.74) is -0.415. The van der Waals surface area contributed by atoms with Crippen molar-refractivity contribution in [3.05, 3.63) is 72.9 Å². The first-order valence-corrected chi connectivity index (χ1v) is 6.72. The van der Waals surface area contributed by atoms with Crippen molar-refractivity contribution >= 4 is 11.4 Å². The van der Waals surface area contributed by atoms with Gasteiger partial charge in [-0.25, -0.2) is 9.78 Å². The van der Waals surface area contributed by atoms with Gasteiger partial charge in [-0.15, -0.1) is 0 Å². The second-order valence-corrected chi connectivity index (χ2v) is 4.92. The lowest BCUT2D eigenvalue weighted by Crippen LogP contribution is -2.05. The highest BCUT2D eigenvalue weighted by molar-refractivity contribution is 5.58. The summed E-state index contributed by atoms with van der Waals surface area (Å²) < 4.78 is 5.77. The van der Waals surface area contributed by atoms with E-state index in [1.54, 1.807) is 0 Å². The van der Waals surface area contributed by atoms with Gasteiger partial charge in [0.25, 0.3) is 11.4 Å². The van der Waals surface area contributed by atoms with Crippen molar-refractivity contribution in [3.8, 4) is 11.6 Å². The third kappa shape index (κ3) is 2.95. The lowest BCUT2D eigenvalue weighted by molar-refractivity contribution is -0.394. The van der Waals surface area contributed by atoms with Crippen LogP contribution in [0.4, 0.5) is 11.4 Å². The summed E-state index contributed by atoms with van der Waals surface area (Å²) in [7, 11) is 0. The molecule has 0 spiro atoms. The van der Waals surface area contributed by atoms with Gasteiger partial charge in [0.1, 0.15) is 11.4 Å². The molecule has 128 valence electrons. The van der Waals surface area contributed by atoms with Crippen molar-refractivity contribution in [3.63, 3.8) is 0 Å². The SMILES string of the molecule is O=c1[nH]c(Cc2cncn2-c2ccc([N+](=O)[O-])cc2[N+](=O)[O-])c(O)o1. The number of benzene rings is 1. The molecule has 12 nitrogen and oxygen atoms in total. The number of hydrogen-bond donors (Lipinski definition) is 2.